The van der Waals surface area contributed by atoms with Crippen molar-refractivity contribution in [2.45, 2.75) is 6.67 Å². The van der Waals surface area contributed by atoms with E-state index in [1.165, 1.54) is 4.90 Å². The van der Waals surface area contributed by atoms with Crippen molar-refractivity contribution in [3.63, 3.8) is 0 Å². The van der Waals surface area contributed by atoms with Gasteiger partial charge >= 0.3 is 5.76 Å². The molecule has 1 saturated heterocycles. The van der Waals surface area contributed by atoms with Crippen LogP contribution in [0.15, 0.2) is 51.7 Å². The molecule has 1 aliphatic heterocycles. The zero-order valence-corrected chi connectivity index (χ0v) is 15.1. The van der Waals surface area contributed by atoms with E-state index in [1.807, 2.05) is 24.3 Å². The molecule has 0 atom stereocenters. The third-order valence-corrected chi connectivity index (χ3v) is 5.13. The number of fused-ring (bicyclic) bond motifs is 1. The minimum absolute atomic E-state index is 0.331. The number of halogens is 2. The molecule has 2 aromatic carbocycles. The zero-order valence-electron chi connectivity index (χ0n) is 13.5. The fraction of sp³-hybridized carbons (Fsp3) is 0.278. The molecule has 130 valence electrons. The monoisotopic (exact) mass is 378 g/mol. The van der Waals surface area contributed by atoms with Crippen molar-refractivity contribution >= 4 is 40.0 Å². The number of anilines is 1. The van der Waals surface area contributed by atoms with Gasteiger partial charge in [-0.1, -0.05) is 29.3 Å². The van der Waals surface area contributed by atoms with Crippen LogP contribution in [0.25, 0.3) is 11.1 Å². The maximum atomic E-state index is 12.2. The third-order valence-electron chi connectivity index (χ3n) is 4.66. The molecule has 0 amide bonds. The Bertz CT molecular complexity index is 958. The first kappa shape index (κ1) is 16.5. The molecule has 4 rings (SSSR count). The summed E-state index contributed by atoms with van der Waals surface area (Å²) >= 11 is 12.0. The second kappa shape index (κ2) is 6.75. The summed E-state index contributed by atoms with van der Waals surface area (Å²) in [5.41, 5.74) is 2.47. The van der Waals surface area contributed by atoms with E-state index in [9.17, 15) is 4.79 Å². The normalized spacial score (nSPS) is 15.8. The van der Waals surface area contributed by atoms with Gasteiger partial charge < -0.3 is 14.2 Å². The Morgan fingerprint density at radius 1 is 1.04 bits per heavy atom. The van der Waals surface area contributed by atoms with Gasteiger partial charge in [0, 0.05) is 21.8 Å². The highest BCUT2D eigenvalue weighted by atomic mass is 35.5. The van der Waals surface area contributed by atoms with Crippen molar-refractivity contribution in [3.8, 4) is 0 Å². The number of nitrogens with one attached hydrogen (secondary N) is 1. The average Bonchev–Trinajstić information content (AvgIpc) is 2.90. The van der Waals surface area contributed by atoms with Crippen LogP contribution < -0.4 is 15.6 Å². The molecule has 0 aliphatic carbocycles. The predicted molar refractivity (Wildman–Crippen MR) is 99.8 cm³/mol. The lowest BCUT2D eigenvalue weighted by Gasteiger charge is -2.33. The first-order chi connectivity index (χ1) is 12.1. The molecule has 0 unspecified atom stereocenters. The number of rotatable bonds is 3. The minimum Gasteiger partial charge on any atom is -0.408 e. The van der Waals surface area contributed by atoms with Gasteiger partial charge in [0.05, 0.1) is 31.7 Å². The van der Waals surface area contributed by atoms with Crippen LogP contribution in [0.5, 0.6) is 0 Å². The van der Waals surface area contributed by atoms with E-state index in [1.54, 1.807) is 16.7 Å². The molecule has 2 heterocycles. The SMILES string of the molecule is O=c1oc2cc(Cl)ccc2n1C[NH+]1CCN(c2cccc(Cl)c2)CC1. The molecule has 1 fully saturated rings. The summed E-state index contributed by atoms with van der Waals surface area (Å²) in [6, 6.07) is 13.2. The smallest absolute Gasteiger partial charge is 0.408 e. The fourth-order valence-electron chi connectivity index (χ4n) is 3.33. The Balaban J connectivity index is 1.47. The Labute approximate surface area is 155 Å². The number of piperazine rings is 1. The van der Waals surface area contributed by atoms with E-state index in [2.05, 4.69) is 11.0 Å². The summed E-state index contributed by atoms with van der Waals surface area (Å²) in [5.74, 6) is -0.331. The molecular formula is C18H18Cl2N3O2+. The van der Waals surface area contributed by atoms with Gasteiger partial charge in [-0.05, 0) is 30.3 Å². The van der Waals surface area contributed by atoms with Crippen molar-refractivity contribution < 1.29 is 9.32 Å². The summed E-state index contributed by atoms with van der Waals surface area (Å²) < 4.78 is 7.00. The first-order valence-corrected chi connectivity index (χ1v) is 8.99. The Morgan fingerprint density at radius 3 is 2.56 bits per heavy atom. The van der Waals surface area contributed by atoms with Crippen LogP contribution in [-0.2, 0) is 6.67 Å². The van der Waals surface area contributed by atoms with Crippen LogP contribution >= 0.6 is 23.2 Å². The number of quaternary nitrogens is 1. The second-order valence-electron chi connectivity index (χ2n) is 6.28. The molecule has 5 nitrogen and oxygen atoms in total. The van der Waals surface area contributed by atoms with Gasteiger partial charge in [-0.25, -0.2) is 9.36 Å². The van der Waals surface area contributed by atoms with Crippen molar-refractivity contribution in [1.29, 1.82) is 0 Å². The molecule has 0 bridgehead atoms. The summed E-state index contributed by atoms with van der Waals surface area (Å²) in [4.78, 5) is 15.8. The van der Waals surface area contributed by atoms with Crippen LogP contribution in [-0.4, -0.2) is 30.7 Å². The van der Waals surface area contributed by atoms with Crippen LogP contribution in [0.3, 0.4) is 0 Å². The molecule has 0 spiro atoms. The minimum atomic E-state index is -0.331. The highest BCUT2D eigenvalue weighted by molar-refractivity contribution is 6.31. The molecule has 1 aliphatic rings. The quantitative estimate of drug-likeness (QED) is 0.759. The van der Waals surface area contributed by atoms with Gasteiger partial charge in [-0.3, -0.25) is 0 Å². The molecule has 7 heteroatoms. The predicted octanol–water partition coefficient (Wildman–Crippen LogP) is 2.26. The molecule has 0 saturated carbocycles. The van der Waals surface area contributed by atoms with Crippen molar-refractivity contribution in [1.82, 2.24) is 4.57 Å². The number of hydrogen-bond donors (Lipinski definition) is 1. The summed E-state index contributed by atoms with van der Waals surface area (Å²) in [6.45, 7) is 4.33. The Morgan fingerprint density at radius 2 is 1.80 bits per heavy atom. The van der Waals surface area contributed by atoms with E-state index >= 15 is 0 Å². The first-order valence-electron chi connectivity index (χ1n) is 8.23. The number of hydrogen-bond acceptors (Lipinski definition) is 3. The van der Waals surface area contributed by atoms with Crippen LogP contribution in [0.2, 0.25) is 10.0 Å². The fourth-order valence-corrected chi connectivity index (χ4v) is 3.67. The molecule has 3 aromatic rings. The lowest BCUT2D eigenvalue weighted by atomic mass is 10.2. The topological polar surface area (TPSA) is 42.8 Å². The molecular weight excluding hydrogens is 361 g/mol. The van der Waals surface area contributed by atoms with Crippen molar-refractivity contribution in [2.24, 2.45) is 0 Å². The van der Waals surface area contributed by atoms with E-state index in [0.29, 0.717) is 17.3 Å². The highest BCUT2D eigenvalue weighted by Gasteiger charge is 2.22. The van der Waals surface area contributed by atoms with E-state index in [4.69, 9.17) is 27.6 Å². The Kier molecular flexibility index (Phi) is 4.46. The van der Waals surface area contributed by atoms with Gasteiger partial charge in [0.2, 0.25) is 0 Å². The number of nitrogens with zero attached hydrogens (tertiary/aromatic N) is 2. The van der Waals surface area contributed by atoms with E-state index in [0.717, 1.165) is 42.4 Å². The number of aromatic nitrogens is 1. The van der Waals surface area contributed by atoms with E-state index < -0.39 is 0 Å². The standard InChI is InChI=1S/C18H17Cl2N3O2/c19-13-2-1-3-15(10-13)22-8-6-21(7-9-22)12-23-16-5-4-14(20)11-17(16)25-18(23)24/h1-5,10-11H,6-9,12H2/p+1. The lowest BCUT2D eigenvalue weighted by Crippen LogP contribution is -3.14. The van der Waals surface area contributed by atoms with Gasteiger partial charge in [0.25, 0.3) is 0 Å². The third kappa shape index (κ3) is 3.40. The number of oxazole rings is 1. The molecule has 0 radical (unpaired) electrons. The van der Waals surface area contributed by atoms with E-state index in [-0.39, 0.29) is 5.76 Å². The molecule has 1 aromatic heterocycles. The maximum absolute atomic E-state index is 12.2. The highest BCUT2D eigenvalue weighted by Crippen LogP contribution is 2.20. The van der Waals surface area contributed by atoms with Gasteiger partial charge in [0.15, 0.2) is 12.3 Å². The van der Waals surface area contributed by atoms with Crippen LogP contribution in [0.4, 0.5) is 5.69 Å². The van der Waals surface area contributed by atoms with Crippen LogP contribution in [0, 0.1) is 0 Å². The second-order valence-corrected chi connectivity index (χ2v) is 7.16. The maximum Gasteiger partial charge on any atom is 0.424 e. The van der Waals surface area contributed by atoms with Crippen LogP contribution in [0.1, 0.15) is 0 Å². The van der Waals surface area contributed by atoms with Crippen molar-refractivity contribution in [3.05, 3.63) is 63.1 Å². The lowest BCUT2D eigenvalue weighted by molar-refractivity contribution is -0.923. The van der Waals surface area contributed by atoms with Gasteiger partial charge in [0.1, 0.15) is 0 Å². The number of benzene rings is 2. The summed E-state index contributed by atoms with van der Waals surface area (Å²) in [5, 5.41) is 1.32. The molecule has 25 heavy (non-hydrogen) atoms. The summed E-state index contributed by atoms with van der Waals surface area (Å²) in [7, 11) is 0. The van der Waals surface area contributed by atoms with Gasteiger partial charge in [-0.2, -0.15) is 0 Å². The zero-order chi connectivity index (χ0) is 17.4. The largest absolute Gasteiger partial charge is 0.424 e. The average molecular weight is 379 g/mol. The molecule has 1 N–H and O–H groups in total. The summed E-state index contributed by atoms with van der Waals surface area (Å²) in [6.07, 6.45) is 0. The van der Waals surface area contributed by atoms with Gasteiger partial charge in [-0.15, -0.1) is 0 Å². The van der Waals surface area contributed by atoms with Crippen molar-refractivity contribution in [2.75, 3.05) is 31.1 Å². The Hall–Kier alpha value is -1.95.